The highest BCUT2D eigenvalue weighted by atomic mass is 16.1. The first-order valence-electron chi connectivity index (χ1n) is 7.77. The molecule has 0 radical (unpaired) electrons. The first-order valence-corrected chi connectivity index (χ1v) is 7.77. The molecule has 2 aromatic carbocycles. The summed E-state index contributed by atoms with van der Waals surface area (Å²) in [5.74, 6) is 0.134. The maximum absolute atomic E-state index is 12.1. The van der Waals surface area contributed by atoms with Crippen LogP contribution in [-0.2, 0) is 0 Å². The molecule has 0 saturated heterocycles. The lowest BCUT2D eigenvalue weighted by Crippen LogP contribution is -2.22. The molecule has 0 heterocycles. The summed E-state index contributed by atoms with van der Waals surface area (Å²) in [6.07, 6.45) is 0.791. The fourth-order valence-corrected chi connectivity index (χ4v) is 2.43. The third-order valence-electron chi connectivity index (χ3n) is 3.76. The molecule has 23 heavy (non-hydrogen) atoms. The van der Waals surface area contributed by atoms with E-state index in [1.807, 2.05) is 37.3 Å². The molecule has 0 aromatic heterocycles. The molecule has 0 unspecified atom stereocenters. The second-order valence-corrected chi connectivity index (χ2v) is 5.50. The summed E-state index contributed by atoms with van der Waals surface area (Å²) in [5.41, 5.74) is 8.61. The van der Waals surface area contributed by atoms with Crippen molar-refractivity contribution in [1.29, 1.82) is 0 Å². The Morgan fingerprint density at radius 3 is 2.00 bits per heavy atom. The van der Waals surface area contributed by atoms with E-state index in [1.54, 1.807) is 18.2 Å². The number of anilines is 1. The van der Waals surface area contributed by atoms with E-state index < -0.39 is 0 Å². The monoisotopic (exact) mass is 310 g/mol. The maximum Gasteiger partial charge on any atom is 0.166 e. The minimum Gasteiger partial charge on any atom is -0.398 e. The zero-order valence-corrected chi connectivity index (χ0v) is 13.3. The van der Waals surface area contributed by atoms with Gasteiger partial charge in [-0.3, -0.25) is 9.59 Å². The lowest BCUT2D eigenvalue weighted by atomic mass is 10.0. The quantitative estimate of drug-likeness (QED) is 0.446. The highest BCUT2D eigenvalue weighted by Crippen LogP contribution is 2.12. The van der Waals surface area contributed by atoms with Crippen LogP contribution in [-0.4, -0.2) is 24.7 Å². The van der Waals surface area contributed by atoms with E-state index in [9.17, 15) is 9.59 Å². The third-order valence-corrected chi connectivity index (χ3v) is 3.76. The summed E-state index contributed by atoms with van der Waals surface area (Å²) >= 11 is 0. The number of nitrogen functional groups attached to an aromatic ring is 1. The Morgan fingerprint density at radius 1 is 0.870 bits per heavy atom. The van der Waals surface area contributed by atoms with Crippen LogP contribution in [0.3, 0.4) is 0 Å². The van der Waals surface area contributed by atoms with Gasteiger partial charge >= 0.3 is 0 Å². The van der Waals surface area contributed by atoms with Crippen LogP contribution < -0.4 is 11.1 Å². The van der Waals surface area contributed by atoms with Crippen molar-refractivity contribution in [1.82, 2.24) is 5.32 Å². The zero-order valence-electron chi connectivity index (χ0n) is 13.3. The van der Waals surface area contributed by atoms with Crippen molar-refractivity contribution in [2.45, 2.75) is 19.8 Å². The van der Waals surface area contributed by atoms with E-state index in [1.165, 1.54) is 0 Å². The second kappa shape index (κ2) is 8.25. The van der Waals surface area contributed by atoms with Crippen molar-refractivity contribution in [2.24, 2.45) is 0 Å². The average Bonchev–Trinajstić information content (AvgIpc) is 2.55. The van der Waals surface area contributed by atoms with E-state index in [0.29, 0.717) is 37.2 Å². The summed E-state index contributed by atoms with van der Waals surface area (Å²) in [5, 5.41) is 3.14. The van der Waals surface area contributed by atoms with Gasteiger partial charge in [0.05, 0.1) is 0 Å². The van der Waals surface area contributed by atoms with Crippen molar-refractivity contribution < 1.29 is 9.59 Å². The van der Waals surface area contributed by atoms with Gasteiger partial charge in [-0.25, -0.2) is 0 Å². The number of hydrogen-bond donors (Lipinski definition) is 2. The lowest BCUT2D eigenvalue weighted by Gasteiger charge is -2.07. The number of aryl methyl sites for hydroxylation is 1. The van der Waals surface area contributed by atoms with Gasteiger partial charge in [-0.1, -0.05) is 36.4 Å². The lowest BCUT2D eigenvalue weighted by molar-refractivity contribution is 0.0982. The summed E-state index contributed by atoms with van der Waals surface area (Å²) in [6.45, 7) is 3.03. The minimum atomic E-state index is 0.0147. The molecule has 0 aliphatic heterocycles. The molecule has 3 N–H and O–H groups in total. The number of benzene rings is 2. The van der Waals surface area contributed by atoms with E-state index in [2.05, 4.69) is 5.32 Å². The van der Waals surface area contributed by atoms with Gasteiger partial charge in [-0.2, -0.15) is 0 Å². The number of carbonyl (C=O) groups is 2. The van der Waals surface area contributed by atoms with Crippen molar-refractivity contribution in [3.8, 4) is 0 Å². The topological polar surface area (TPSA) is 72.2 Å². The van der Waals surface area contributed by atoms with Gasteiger partial charge in [0.25, 0.3) is 0 Å². The highest BCUT2D eigenvalue weighted by molar-refractivity contribution is 6.00. The Kier molecular flexibility index (Phi) is 6.06. The Morgan fingerprint density at radius 2 is 1.39 bits per heavy atom. The van der Waals surface area contributed by atoms with Crippen LogP contribution in [0, 0.1) is 6.92 Å². The summed E-state index contributed by atoms with van der Waals surface area (Å²) < 4.78 is 0. The second-order valence-electron chi connectivity index (χ2n) is 5.50. The molecule has 0 saturated carbocycles. The summed E-state index contributed by atoms with van der Waals surface area (Å²) in [4.78, 5) is 24.1. The number of nitrogens with one attached hydrogen (secondary N) is 1. The Hall–Kier alpha value is -2.46. The zero-order chi connectivity index (χ0) is 16.7. The molecular formula is C19H22N2O2. The van der Waals surface area contributed by atoms with Gasteiger partial charge in [0.2, 0.25) is 0 Å². The molecule has 0 atom stereocenters. The molecule has 0 aliphatic rings. The third kappa shape index (κ3) is 4.76. The van der Waals surface area contributed by atoms with E-state index in [0.717, 1.165) is 11.1 Å². The van der Waals surface area contributed by atoms with Gasteiger partial charge < -0.3 is 11.1 Å². The van der Waals surface area contributed by atoms with Crippen LogP contribution in [0.2, 0.25) is 0 Å². The normalized spacial score (nSPS) is 10.5. The van der Waals surface area contributed by atoms with Gasteiger partial charge in [0.15, 0.2) is 11.6 Å². The molecule has 4 heteroatoms. The largest absolute Gasteiger partial charge is 0.398 e. The van der Waals surface area contributed by atoms with Crippen LogP contribution in [0.15, 0.2) is 48.5 Å². The number of hydrogen-bond acceptors (Lipinski definition) is 4. The number of carbonyl (C=O) groups excluding carboxylic acids is 2. The summed E-state index contributed by atoms with van der Waals surface area (Å²) in [6, 6.07) is 14.6. The van der Waals surface area contributed by atoms with Crippen LogP contribution in [0.25, 0.3) is 0 Å². The molecule has 0 fully saturated rings. The first-order chi connectivity index (χ1) is 11.1. The Bertz CT molecular complexity index is 636. The fraction of sp³-hybridized carbons (Fsp3) is 0.263. The predicted molar refractivity (Wildman–Crippen MR) is 92.8 cm³/mol. The SMILES string of the molecule is Cc1ccccc1C(=O)CCNCCC(=O)c1ccccc1N. The smallest absolute Gasteiger partial charge is 0.166 e. The maximum atomic E-state index is 12.1. The Balaban J connectivity index is 1.72. The van der Waals surface area contributed by atoms with Crippen molar-refractivity contribution >= 4 is 17.3 Å². The van der Waals surface area contributed by atoms with Crippen LogP contribution in [0.5, 0.6) is 0 Å². The fourth-order valence-electron chi connectivity index (χ4n) is 2.43. The first kappa shape index (κ1) is 16.9. The molecule has 2 rings (SSSR count). The Labute approximate surface area is 136 Å². The molecule has 0 spiro atoms. The number of ketones is 2. The van der Waals surface area contributed by atoms with E-state index in [-0.39, 0.29) is 11.6 Å². The predicted octanol–water partition coefficient (Wildman–Crippen LogP) is 3.01. The van der Waals surface area contributed by atoms with Crippen molar-refractivity contribution in [2.75, 3.05) is 18.8 Å². The number of Topliss-reactive ketones (excluding diaryl/α,β-unsaturated/α-hetero) is 2. The highest BCUT2D eigenvalue weighted by Gasteiger charge is 2.10. The van der Waals surface area contributed by atoms with Gasteiger partial charge in [-0.05, 0) is 24.6 Å². The molecule has 120 valence electrons. The minimum absolute atomic E-state index is 0.0147. The van der Waals surface area contributed by atoms with Crippen LogP contribution in [0.4, 0.5) is 5.69 Å². The van der Waals surface area contributed by atoms with Gasteiger partial charge in [0.1, 0.15) is 0 Å². The van der Waals surface area contributed by atoms with Crippen LogP contribution >= 0.6 is 0 Å². The molecule has 0 amide bonds. The molecule has 0 bridgehead atoms. The van der Waals surface area contributed by atoms with Crippen LogP contribution in [0.1, 0.15) is 39.1 Å². The number of nitrogens with two attached hydrogens (primary N) is 1. The molecule has 2 aromatic rings. The standard InChI is InChI=1S/C19H22N2O2/c1-14-6-2-3-7-15(14)18(22)10-12-21-13-11-19(23)16-8-4-5-9-17(16)20/h2-9,21H,10-13,20H2,1H3. The summed E-state index contributed by atoms with van der Waals surface area (Å²) in [7, 11) is 0. The van der Waals surface area contributed by atoms with E-state index >= 15 is 0 Å². The van der Waals surface area contributed by atoms with Crippen molar-refractivity contribution in [3.63, 3.8) is 0 Å². The van der Waals surface area contributed by atoms with E-state index in [4.69, 9.17) is 5.73 Å². The number of para-hydroxylation sites is 1. The average molecular weight is 310 g/mol. The molecule has 4 nitrogen and oxygen atoms in total. The van der Waals surface area contributed by atoms with Gasteiger partial charge in [-0.15, -0.1) is 0 Å². The van der Waals surface area contributed by atoms with Gasteiger partial charge in [0, 0.05) is 42.7 Å². The molecule has 0 aliphatic carbocycles. The van der Waals surface area contributed by atoms with Crippen molar-refractivity contribution in [3.05, 3.63) is 65.2 Å². The molecular weight excluding hydrogens is 288 g/mol. The number of rotatable bonds is 8.